The Morgan fingerprint density at radius 3 is 2.21 bits per heavy atom. The molecular formula is C22H21N3O3. The molecule has 3 amide bonds. The third kappa shape index (κ3) is 5.11. The van der Waals surface area contributed by atoms with Crippen molar-refractivity contribution in [3.05, 3.63) is 90.0 Å². The quantitative estimate of drug-likeness (QED) is 0.602. The minimum Gasteiger partial charge on any atom is -0.495 e. The first-order chi connectivity index (χ1) is 13.7. The number of benzene rings is 3. The zero-order valence-electron chi connectivity index (χ0n) is 15.4. The van der Waals surface area contributed by atoms with Crippen LogP contribution < -0.4 is 20.7 Å². The number of anilines is 2. The van der Waals surface area contributed by atoms with Gasteiger partial charge in [-0.2, -0.15) is 0 Å². The van der Waals surface area contributed by atoms with Crippen molar-refractivity contribution in [1.82, 2.24) is 5.32 Å². The highest BCUT2D eigenvalue weighted by molar-refractivity contribution is 6.05. The normalized spacial score (nSPS) is 10.0. The lowest BCUT2D eigenvalue weighted by atomic mass is 10.2. The highest BCUT2D eigenvalue weighted by atomic mass is 16.5. The first kappa shape index (κ1) is 19.0. The average Bonchev–Trinajstić information content (AvgIpc) is 2.74. The van der Waals surface area contributed by atoms with E-state index in [0.29, 0.717) is 29.2 Å². The molecule has 0 aliphatic heterocycles. The van der Waals surface area contributed by atoms with Crippen LogP contribution in [0.25, 0.3) is 0 Å². The van der Waals surface area contributed by atoms with Crippen LogP contribution in [-0.4, -0.2) is 19.0 Å². The van der Waals surface area contributed by atoms with Crippen LogP contribution in [0.15, 0.2) is 78.9 Å². The highest BCUT2D eigenvalue weighted by Crippen LogP contribution is 2.23. The summed E-state index contributed by atoms with van der Waals surface area (Å²) in [4.78, 5) is 24.4. The largest absolute Gasteiger partial charge is 0.495 e. The highest BCUT2D eigenvalue weighted by Gasteiger charge is 2.10. The molecule has 0 saturated heterocycles. The third-order valence-corrected chi connectivity index (χ3v) is 4.06. The summed E-state index contributed by atoms with van der Waals surface area (Å²) in [6.45, 7) is 0.437. The van der Waals surface area contributed by atoms with Crippen molar-refractivity contribution < 1.29 is 14.3 Å². The van der Waals surface area contributed by atoms with Gasteiger partial charge in [0, 0.05) is 17.8 Å². The van der Waals surface area contributed by atoms with Gasteiger partial charge in [-0.25, -0.2) is 4.79 Å². The van der Waals surface area contributed by atoms with Crippen LogP contribution in [0.4, 0.5) is 16.2 Å². The molecule has 0 atom stereocenters. The summed E-state index contributed by atoms with van der Waals surface area (Å²) in [6.07, 6.45) is 0. The monoisotopic (exact) mass is 375 g/mol. The minimum atomic E-state index is -0.310. The smallest absolute Gasteiger partial charge is 0.319 e. The number of hydrogen-bond acceptors (Lipinski definition) is 3. The van der Waals surface area contributed by atoms with Crippen molar-refractivity contribution in [1.29, 1.82) is 0 Å². The Labute approximate surface area is 163 Å². The van der Waals surface area contributed by atoms with Gasteiger partial charge in [0.2, 0.25) is 0 Å². The first-order valence-corrected chi connectivity index (χ1v) is 8.79. The lowest BCUT2D eigenvalue weighted by Gasteiger charge is -2.11. The fourth-order valence-corrected chi connectivity index (χ4v) is 2.60. The summed E-state index contributed by atoms with van der Waals surface area (Å²) in [5.74, 6) is 0.328. The fraction of sp³-hybridized carbons (Fsp3) is 0.0909. The molecule has 3 aromatic carbocycles. The second-order valence-electron chi connectivity index (χ2n) is 6.03. The van der Waals surface area contributed by atoms with Gasteiger partial charge in [-0.1, -0.05) is 42.5 Å². The summed E-state index contributed by atoms with van der Waals surface area (Å²) in [6, 6.07) is 23.2. The molecule has 3 N–H and O–H groups in total. The van der Waals surface area contributed by atoms with E-state index in [1.54, 1.807) is 43.5 Å². The van der Waals surface area contributed by atoms with Crippen molar-refractivity contribution >= 4 is 23.3 Å². The molecule has 28 heavy (non-hydrogen) atoms. The molecular weight excluding hydrogens is 354 g/mol. The van der Waals surface area contributed by atoms with Crippen LogP contribution in [0.2, 0.25) is 0 Å². The molecule has 0 bridgehead atoms. The zero-order valence-corrected chi connectivity index (χ0v) is 15.4. The number of para-hydroxylation sites is 2. The maximum absolute atomic E-state index is 12.4. The van der Waals surface area contributed by atoms with E-state index < -0.39 is 0 Å². The van der Waals surface area contributed by atoms with E-state index in [9.17, 15) is 9.59 Å². The molecule has 0 spiro atoms. The van der Waals surface area contributed by atoms with E-state index in [4.69, 9.17) is 4.74 Å². The van der Waals surface area contributed by atoms with E-state index in [2.05, 4.69) is 16.0 Å². The summed E-state index contributed by atoms with van der Waals surface area (Å²) < 4.78 is 5.23. The number of carbonyl (C=O) groups excluding carboxylic acids is 2. The topological polar surface area (TPSA) is 79.5 Å². The summed E-state index contributed by atoms with van der Waals surface area (Å²) in [5, 5.41) is 8.34. The molecule has 0 unspecified atom stereocenters. The number of urea groups is 1. The van der Waals surface area contributed by atoms with Crippen molar-refractivity contribution in [2.75, 3.05) is 17.7 Å². The van der Waals surface area contributed by atoms with Crippen molar-refractivity contribution in [3.8, 4) is 5.75 Å². The Bertz CT molecular complexity index is 941. The van der Waals surface area contributed by atoms with Gasteiger partial charge in [0.1, 0.15) is 5.75 Å². The number of carbonyl (C=O) groups is 2. The van der Waals surface area contributed by atoms with E-state index >= 15 is 0 Å². The minimum absolute atomic E-state index is 0.260. The molecule has 3 aromatic rings. The van der Waals surface area contributed by atoms with Gasteiger partial charge < -0.3 is 20.7 Å². The van der Waals surface area contributed by atoms with Crippen molar-refractivity contribution in [3.63, 3.8) is 0 Å². The van der Waals surface area contributed by atoms with E-state index in [0.717, 1.165) is 5.56 Å². The van der Waals surface area contributed by atoms with Gasteiger partial charge >= 0.3 is 6.03 Å². The summed E-state index contributed by atoms with van der Waals surface area (Å²) >= 11 is 0. The molecule has 142 valence electrons. The van der Waals surface area contributed by atoms with E-state index in [1.165, 1.54) is 0 Å². The number of methoxy groups -OCH3 is 1. The second kappa shape index (κ2) is 9.23. The predicted octanol–water partition coefficient (Wildman–Crippen LogP) is 4.27. The van der Waals surface area contributed by atoms with Crippen molar-refractivity contribution in [2.45, 2.75) is 6.54 Å². The Morgan fingerprint density at radius 1 is 0.821 bits per heavy atom. The SMILES string of the molecule is COc1ccccc1NC(=O)c1ccc(NC(=O)NCc2ccccc2)cc1. The molecule has 0 saturated carbocycles. The van der Waals surface area contributed by atoms with Crippen molar-refractivity contribution in [2.24, 2.45) is 0 Å². The van der Waals surface area contributed by atoms with Gasteiger partial charge in [-0.15, -0.1) is 0 Å². The third-order valence-electron chi connectivity index (χ3n) is 4.06. The molecule has 0 heterocycles. The van der Waals surface area contributed by atoms with Crippen LogP contribution in [0.1, 0.15) is 15.9 Å². The summed E-state index contributed by atoms with van der Waals surface area (Å²) in [5.41, 5.74) is 2.68. The van der Waals surface area contributed by atoms with Crippen LogP contribution >= 0.6 is 0 Å². The Kier molecular flexibility index (Phi) is 6.25. The van der Waals surface area contributed by atoms with Crippen LogP contribution in [-0.2, 0) is 6.54 Å². The fourth-order valence-electron chi connectivity index (χ4n) is 2.60. The van der Waals surface area contributed by atoms with Gasteiger partial charge in [0.25, 0.3) is 5.91 Å². The van der Waals surface area contributed by atoms with Gasteiger partial charge in [-0.3, -0.25) is 4.79 Å². The van der Waals surface area contributed by atoms with Crippen LogP contribution in [0, 0.1) is 0 Å². The van der Waals surface area contributed by atoms with E-state index in [1.807, 2.05) is 42.5 Å². The molecule has 0 radical (unpaired) electrons. The average molecular weight is 375 g/mol. The molecule has 0 aromatic heterocycles. The van der Waals surface area contributed by atoms with Gasteiger partial charge in [0.15, 0.2) is 0 Å². The molecule has 6 heteroatoms. The maximum atomic E-state index is 12.4. The second-order valence-corrected chi connectivity index (χ2v) is 6.03. The standard InChI is InChI=1S/C22H21N3O3/c1-28-20-10-6-5-9-19(20)25-21(26)17-11-13-18(14-12-17)24-22(27)23-15-16-7-3-2-4-8-16/h2-14H,15H2,1H3,(H,25,26)(H2,23,24,27). The lowest BCUT2D eigenvalue weighted by molar-refractivity contribution is 0.102. The number of ether oxygens (including phenoxy) is 1. The number of hydrogen-bond donors (Lipinski definition) is 3. The number of nitrogens with one attached hydrogen (secondary N) is 3. The summed E-state index contributed by atoms with van der Waals surface area (Å²) in [7, 11) is 1.55. The number of rotatable bonds is 6. The Hall–Kier alpha value is -3.80. The first-order valence-electron chi connectivity index (χ1n) is 8.79. The molecule has 3 rings (SSSR count). The predicted molar refractivity (Wildman–Crippen MR) is 110 cm³/mol. The number of amides is 3. The Morgan fingerprint density at radius 2 is 1.50 bits per heavy atom. The molecule has 0 aliphatic carbocycles. The van der Waals surface area contributed by atoms with Gasteiger partial charge in [0.05, 0.1) is 12.8 Å². The van der Waals surface area contributed by atoms with Gasteiger partial charge in [-0.05, 0) is 42.0 Å². The van der Waals surface area contributed by atoms with Crippen LogP contribution in [0.3, 0.4) is 0 Å². The lowest BCUT2D eigenvalue weighted by Crippen LogP contribution is -2.28. The maximum Gasteiger partial charge on any atom is 0.319 e. The molecule has 0 fully saturated rings. The molecule has 0 aliphatic rings. The zero-order chi connectivity index (χ0) is 19.8. The Balaban J connectivity index is 1.55. The van der Waals surface area contributed by atoms with E-state index in [-0.39, 0.29) is 11.9 Å². The van der Waals surface area contributed by atoms with Crippen LogP contribution in [0.5, 0.6) is 5.75 Å². The molecule has 6 nitrogen and oxygen atoms in total.